The van der Waals surface area contributed by atoms with Crippen LogP contribution in [0, 0.1) is 11.8 Å². The molecule has 0 radical (unpaired) electrons. The normalized spacial score (nSPS) is 14.2. The van der Waals surface area contributed by atoms with Crippen LogP contribution in [0.25, 0.3) is 0 Å². The summed E-state index contributed by atoms with van der Waals surface area (Å²) < 4.78 is 28.2. The van der Waals surface area contributed by atoms with Gasteiger partial charge in [-0.05, 0) is 29.0 Å². The van der Waals surface area contributed by atoms with Crippen LogP contribution in [-0.4, -0.2) is 20.8 Å². The van der Waals surface area contributed by atoms with Crippen molar-refractivity contribution in [3.05, 3.63) is 29.8 Å². The van der Waals surface area contributed by atoms with Crippen LogP contribution in [0.15, 0.2) is 24.3 Å². The summed E-state index contributed by atoms with van der Waals surface area (Å²) in [7, 11) is 1.83. The fraction of sp³-hybridized carbons (Fsp3) is 0.625. The van der Waals surface area contributed by atoms with Crippen molar-refractivity contribution < 1.29 is 13.2 Å². The Hall–Kier alpha value is -0.740. The Bertz CT molecular complexity index is 542. The van der Waals surface area contributed by atoms with Crippen molar-refractivity contribution in [3.8, 4) is 5.75 Å². The first-order chi connectivity index (χ1) is 9.49. The van der Waals surface area contributed by atoms with Crippen LogP contribution < -0.4 is 4.74 Å². The molecular formula is C16H25ClO3S. The van der Waals surface area contributed by atoms with E-state index in [9.17, 15) is 8.42 Å². The van der Waals surface area contributed by atoms with Gasteiger partial charge >= 0.3 is 0 Å². The van der Waals surface area contributed by atoms with Crippen LogP contribution in [0.1, 0.15) is 40.2 Å². The molecule has 0 bridgehead atoms. The average molecular weight is 333 g/mol. The average Bonchev–Trinajstić information content (AvgIpc) is 2.32. The molecule has 0 amide bonds. The third-order valence-corrected chi connectivity index (χ3v) is 4.74. The maximum Gasteiger partial charge on any atom is 0.233 e. The topological polar surface area (TPSA) is 43.4 Å². The molecular weight excluding hydrogens is 308 g/mol. The van der Waals surface area contributed by atoms with E-state index in [-0.39, 0.29) is 23.0 Å². The molecule has 0 aliphatic rings. The lowest BCUT2D eigenvalue weighted by molar-refractivity contribution is 0.225. The molecule has 0 aromatic heterocycles. The molecule has 0 spiro atoms. The lowest BCUT2D eigenvalue weighted by atomic mass is 9.87. The van der Waals surface area contributed by atoms with E-state index in [2.05, 4.69) is 20.8 Å². The molecule has 3 nitrogen and oxygen atoms in total. The molecule has 0 saturated heterocycles. The molecule has 0 N–H and O–H groups in total. The predicted molar refractivity (Wildman–Crippen MR) is 88.6 cm³/mol. The first kappa shape index (κ1) is 18.3. The second-order valence-corrected chi connectivity index (χ2v) is 9.62. The summed E-state index contributed by atoms with van der Waals surface area (Å²) in [5.74, 6) is 0.759. The van der Waals surface area contributed by atoms with E-state index in [0.717, 1.165) is 5.75 Å². The summed E-state index contributed by atoms with van der Waals surface area (Å²) in [5, 5.41) is 0. The monoisotopic (exact) mass is 332 g/mol. The molecule has 0 fully saturated rings. The SMILES string of the molecule is CC(C)C(COc1ccc(C(C)(C)C)cc1)CS(=O)(=O)Cl. The fourth-order valence-electron chi connectivity index (χ4n) is 1.94. The molecule has 0 aliphatic carbocycles. The van der Waals surface area contributed by atoms with Gasteiger partial charge in [-0.2, -0.15) is 0 Å². The van der Waals surface area contributed by atoms with Crippen molar-refractivity contribution >= 4 is 19.7 Å². The van der Waals surface area contributed by atoms with Gasteiger partial charge in [-0.25, -0.2) is 8.42 Å². The van der Waals surface area contributed by atoms with Gasteiger partial charge in [0.1, 0.15) is 5.75 Å². The molecule has 1 aromatic rings. The largest absolute Gasteiger partial charge is 0.493 e. The number of hydrogen-bond donors (Lipinski definition) is 0. The highest BCUT2D eigenvalue weighted by atomic mass is 35.7. The Morgan fingerprint density at radius 3 is 2.05 bits per heavy atom. The predicted octanol–water partition coefficient (Wildman–Crippen LogP) is 4.20. The molecule has 0 aliphatic heterocycles. The highest BCUT2D eigenvalue weighted by Crippen LogP contribution is 2.25. The van der Waals surface area contributed by atoms with E-state index < -0.39 is 9.05 Å². The summed E-state index contributed by atoms with van der Waals surface area (Å²) >= 11 is 0. The minimum atomic E-state index is -3.51. The van der Waals surface area contributed by atoms with Crippen LogP contribution in [0.2, 0.25) is 0 Å². The first-order valence-corrected chi connectivity index (χ1v) is 9.62. The smallest absolute Gasteiger partial charge is 0.233 e. The number of halogens is 1. The standard InChI is InChI=1S/C16H25ClO3S/c1-12(2)13(11-21(17,18)19)10-20-15-8-6-14(7-9-15)16(3,4)5/h6-9,12-13H,10-11H2,1-5H3. The zero-order chi connectivity index (χ0) is 16.3. The lowest BCUT2D eigenvalue weighted by Crippen LogP contribution is -2.24. The van der Waals surface area contributed by atoms with Crippen LogP contribution >= 0.6 is 10.7 Å². The summed E-state index contributed by atoms with van der Waals surface area (Å²) in [6.07, 6.45) is 0. The second kappa shape index (κ2) is 7.01. The molecule has 1 aromatic carbocycles. The van der Waals surface area contributed by atoms with Crippen molar-refractivity contribution in [3.63, 3.8) is 0 Å². The molecule has 1 unspecified atom stereocenters. The van der Waals surface area contributed by atoms with Crippen LogP contribution in [0.4, 0.5) is 0 Å². The lowest BCUT2D eigenvalue weighted by Gasteiger charge is -2.21. The van der Waals surface area contributed by atoms with Crippen molar-refractivity contribution in [2.75, 3.05) is 12.4 Å². The van der Waals surface area contributed by atoms with Crippen molar-refractivity contribution in [1.82, 2.24) is 0 Å². The van der Waals surface area contributed by atoms with Crippen LogP contribution in [-0.2, 0) is 14.5 Å². The highest BCUT2D eigenvalue weighted by molar-refractivity contribution is 8.13. The van der Waals surface area contributed by atoms with E-state index in [1.54, 1.807) is 0 Å². The van der Waals surface area contributed by atoms with Crippen molar-refractivity contribution in [2.24, 2.45) is 11.8 Å². The summed E-state index contributed by atoms with van der Waals surface area (Å²) in [6, 6.07) is 7.93. The fourth-order valence-corrected chi connectivity index (χ4v) is 3.42. The van der Waals surface area contributed by atoms with Gasteiger partial charge < -0.3 is 4.74 Å². The number of benzene rings is 1. The third kappa shape index (κ3) is 6.70. The van der Waals surface area contributed by atoms with Crippen LogP contribution in [0.3, 0.4) is 0 Å². The number of rotatable bonds is 6. The summed E-state index contributed by atoms with van der Waals surface area (Å²) in [6.45, 7) is 10.8. The van der Waals surface area contributed by atoms with E-state index in [1.165, 1.54) is 5.56 Å². The van der Waals surface area contributed by atoms with E-state index in [1.807, 2.05) is 38.1 Å². The minimum absolute atomic E-state index is 0.0632. The van der Waals surface area contributed by atoms with Gasteiger partial charge in [0.25, 0.3) is 0 Å². The Morgan fingerprint density at radius 1 is 1.14 bits per heavy atom. The van der Waals surface area contributed by atoms with E-state index in [4.69, 9.17) is 15.4 Å². The minimum Gasteiger partial charge on any atom is -0.493 e. The Labute approximate surface area is 133 Å². The molecule has 0 saturated carbocycles. The Kier molecular flexibility index (Phi) is 6.11. The molecule has 0 heterocycles. The zero-order valence-electron chi connectivity index (χ0n) is 13.4. The zero-order valence-corrected chi connectivity index (χ0v) is 15.0. The van der Waals surface area contributed by atoms with Crippen molar-refractivity contribution in [1.29, 1.82) is 0 Å². The van der Waals surface area contributed by atoms with Gasteiger partial charge in [0, 0.05) is 16.6 Å². The molecule has 1 rings (SSSR count). The summed E-state index contributed by atoms with van der Waals surface area (Å²) in [5.41, 5.74) is 1.34. The first-order valence-electron chi connectivity index (χ1n) is 7.15. The highest BCUT2D eigenvalue weighted by Gasteiger charge is 2.21. The van der Waals surface area contributed by atoms with Crippen LogP contribution in [0.5, 0.6) is 5.75 Å². The Morgan fingerprint density at radius 2 is 1.67 bits per heavy atom. The van der Waals surface area contributed by atoms with Gasteiger partial charge in [-0.15, -0.1) is 0 Å². The maximum absolute atomic E-state index is 11.2. The third-order valence-electron chi connectivity index (χ3n) is 3.54. The molecule has 120 valence electrons. The van der Waals surface area contributed by atoms with E-state index in [0.29, 0.717) is 6.61 Å². The quantitative estimate of drug-likeness (QED) is 0.733. The van der Waals surface area contributed by atoms with Gasteiger partial charge in [-0.1, -0.05) is 46.8 Å². The maximum atomic E-state index is 11.2. The number of hydrogen-bond acceptors (Lipinski definition) is 3. The van der Waals surface area contributed by atoms with Gasteiger partial charge in [0.05, 0.1) is 12.4 Å². The van der Waals surface area contributed by atoms with Crippen molar-refractivity contribution in [2.45, 2.75) is 40.0 Å². The number of ether oxygens (including phenoxy) is 1. The van der Waals surface area contributed by atoms with E-state index >= 15 is 0 Å². The summed E-state index contributed by atoms with van der Waals surface area (Å²) in [4.78, 5) is 0. The molecule has 5 heteroatoms. The molecule has 1 atom stereocenters. The second-order valence-electron chi connectivity index (χ2n) is 6.79. The van der Waals surface area contributed by atoms with Gasteiger partial charge in [0.15, 0.2) is 0 Å². The molecule has 21 heavy (non-hydrogen) atoms. The van der Waals surface area contributed by atoms with Gasteiger partial charge in [-0.3, -0.25) is 0 Å². The Balaban J connectivity index is 2.68. The van der Waals surface area contributed by atoms with Gasteiger partial charge in [0.2, 0.25) is 9.05 Å².